The molecule has 130 valence electrons. The Morgan fingerprint density at radius 1 is 1.48 bits per heavy atom. The molecule has 0 bridgehead atoms. The van der Waals surface area contributed by atoms with Crippen LogP contribution in [0, 0.1) is 0 Å². The summed E-state index contributed by atoms with van der Waals surface area (Å²) >= 11 is 0. The minimum absolute atomic E-state index is 0. The monoisotopic (exact) mass is 434 g/mol. The number of furan rings is 1. The predicted molar refractivity (Wildman–Crippen MR) is 102 cm³/mol. The molecule has 1 aliphatic heterocycles. The van der Waals surface area contributed by atoms with Gasteiger partial charge in [0.1, 0.15) is 5.76 Å². The van der Waals surface area contributed by atoms with Crippen molar-refractivity contribution in [2.24, 2.45) is 4.99 Å². The number of nitrogens with one attached hydrogen (secondary N) is 2. The zero-order valence-corrected chi connectivity index (χ0v) is 16.2. The first-order valence-electron chi connectivity index (χ1n) is 8.08. The second-order valence-corrected chi connectivity index (χ2v) is 5.41. The highest BCUT2D eigenvalue weighted by molar-refractivity contribution is 14.0. The summed E-state index contributed by atoms with van der Waals surface area (Å²) in [5.74, 6) is 1.98. The number of nitrogens with zero attached hydrogens (tertiary/aromatic N) is 2. The summed E-state index contributed by atoms with van der Waals surface area (Å²) in [6.45, 7) is 7.03. The van der Waals surface area contributed by atoms with Gasteiger partial charge in [0, 0.05) is 45.1 Å². The van der Waals surface area contributed by atoms with Crippen LogP contribution in [-0.4, -0.2) is 49.0 Å². The van der Waals surface area contributed by atoms with Crippen LogP contribution in [-0.2, 0) is 11.2 Å². The average molecular weight is 434 g/mol. The van der Waals surface area contributed by atoms with Gasteiger partial charge in [-0.1, -0.05) is 6.92 Å². The van der Waals surface area contributed by atoms with Gasteiger partial charge in [-0.15, -0.1) is 24.0 Å². The van der Waals surface area contributed by atoms with Crippen LogP contribution < -0.4 is 10.6 Å². The number of amides is 1. The lowest BCUT2D eigenvalue weighted by Gasteiger charge is -2.18. The average Bonchev–Trinajstić information content (AvgIpc) is 3.18. The number of carbonyl (C=O) groups is 1. The molecule has 1 aliphatic rings. The molecule has 1 atom stereocenters. The fourth-order valence-corrected chi connectivity index (χ4v) is 2.57. The lowest BCUT2D eigenvalue weighted by molar-refractivity contribution is -0.129. The van der Waals surface area contributed by atoms with Gasteiger partial charge in [-0.2, -0.15) is 0 Å². The minimum Gasteiger partial charge on any atom is -0.469 e. The van der Waals surface area contributed by atoms with E-state index in [1.807, 2.05) is 30.9 Å². The Balaban J connectivity index is 0.00000264. The van der Waals surface area contributed by atoms with Gasteiger partial charge in [0.15, 0.2) is 5.96 Å². The van der Waals surface area contributed by atoms with Crippen molar-refractivity contribution in [3.8, 4) is 0 Å². The van der Waals surface area contributed by atoms with Gasteiger partial charge in [0.2, 0.25) is 5.91 Å². The summed E-state index contributed by atoms with van der Waals surface area (Å²) in [6.07, 6.45) is 4.01. The quantitative estimate of drug-likeness (QED) is 0.409. The van der Waals surface area contributed by atoms with E-state index in [0.717, 1.165) is 44.2 Å². The Labute approximate surface area is 155 Å². The number of rotatable bonds is 6. The van der Waals surface area contributed by atoms with Crippen LogP contribution in [0.2, 0.25) is 0 Å². The summed E-state index contributed by atoms with van der Waals surface area (Å²) in [5.41, 5.74) is 0. The van der Waals surface area contributed by atoms with Crippen LogP contribution in [0.3, 0.4) is 0 Å². The Morgan fingerprint density at radius 2 is 2.30 bits per heavy atom. The molecule has 0 radical (unpaired) electrons. The van der Waals surface area contributed by atoms with Gasteiger partial charge in [0.25, 0.3) is 0 Å². The molecule has 0 aromatic carbocycles. The van der Waals surface area contributed by atoms with Gasteiger partial charge in [-0.05, 0) is 25.5 Å². The molecular weight excluding hydrogens is 407 g/mol. The number of carbonyl (C=O) groups excluding carboxylic acids is 1. The summed E-state index contributed by atoms with van der Waals surface area (Å²) in [5, 5.41) is 6.67. The number of aliphatic imine (C=N–C) groups is 1. The predicted octanol–water partition coefficient (Wildman–Crippen LogP) is 2.01. The molecule has 2 rings (SSSR count). The molecular formula is C16H27IN4O2. The highest BCUT2D eigenvalue weighted by atomic mass is 127. The van der Waals surface area contributed by atoms with Crippen molar-refractivity contribution in [1.29, 1.82) is 0 Å². The first kappa shape index (κ1) is 19.8. The molecule has 1 saturated heterocycles. The van der Waals surface area contributed by atoms with Gasteiger partial charge < -0.3 is 20.0 Å². The van der Waals surface area contributed by atoms with Crippen LogP contribution in [0.25, 0.3) is 0 Å². The van der Waals surface area contributed by atoms with E-state index in [1.165, 1.54) is 0 Å². The van der Waals surface area contributed by atoms with Crippen LogP contribution in [0.4, 0.5) is 0 Å². The van der Waals surface area contributed by atoms with Crippen molar-refractivity contribution in [3.05, 3.63) is 24.2 Å². The van der Waals surface area contributed by atoms with Gasteiger partial charge in [0.05, 0.1) is 6.26 Å². The van der Waals surface area contributed by atoms with E-state index in [2.05, 4.69) is 15.6 Å². The van der Waals surface area contributed by atoms with Crippen LogP contribution in [0.5, 0.6) is 0 Å². The lowest BCUT2D eigenvalue weighted by atomic mass is 10.3. The fraction of sp³-hybridized carbons (Fsp3) is 0.625. The Morgan fingerprint density at radius 3 is 2.96 bits per heavy atom. The van der Waals surface area contributed by atoms with Gasteiger partial charge in [-0.3, -0.25) is 9.79 Å². The smallest absolute Gasteiger partial charge is 0.222 e. The Hall–Kier alpha value is -1.25. The molecule has 0 saturated carbocycles. The van der Waals surface area contributed by atoms with Crippen molar-refractivity contribution in [1.82, 2.24) is 15.5 Å². The maximum atomic E-state index is 11.7. The van der Waals surface area contributed by atoms with E-state index in [-0.39, 0.29) is 35.9 Å². The molecule has 1 fully saturated rings. The molecule has 0 spiro atoms. The molecule has 23 heavy (non-hydrogen) atoms. The molecule has 1 aromatic heterocycles. The molecule has 1 amide bonds. The largest absolute Gasteiger partial charge is 0.469 e. The number of hydrogen-bond donors (Lipinski definition) is 2. The first-order valence-corrected chi connectivity index (χ1v) is 8.08. The summed E-state index contributed by atoms with van der Waals surface area (Å²) < 4.78 is 5.31. The van der Waals surface area contributed by atoms with E-state index < -0.39 is 0 Å². The number of guanidine groups is 1. The summed E-state index contributed by atoms with van der Waals surface area (Å²) in [6, 6.07) is 4.12. The van der Waals surface area contributed by atoms with Gasteiger partial charge in [-0.25, -0.2) is 0 Å². The second-order valence-electron chi connectivity index (χ2n) is 5.41. The second kappa shape index (κ2) is 10.5. The van der Waals surface area contributed by atoms with E-state index in [9.17, 15) is 4.79 Å². The van der Waals surface area contributed by atoms with Gasteiger partial charge >= 0.3 is 0 Å². The third kappa shape index (κ3) is 6.40. The maximum absolute atomic E-state index is 11.7. The van der Waals surface area contributed by atoms with E-state index >= 15 is 0 Å². The molecule has 2 N–H and O–H groups in total. The standard InChI is InChI=1S/C16H26N4O2.HI/c1-3-15(21)20-10-8-13(12-20)19-16(17-4-2)18-9-7-14-6-5-11-22-14;/h5-6,11,13H,3-4,7-10,12H2,1-2H3,(H2,17,18,19);1H. The Bertz CT molecular complexity index is 490. The van der Waals surface area contributed by atoms with Crippen molar-refractivity contribution in [2.75, 3.05) is 26.2 Å². The van der Waals surface area contributed by atoms with Crippen molar-refractivity contribution >= 4 is 35.8 Å². The van der Waals surface area contributed by atoms with Crippen LogP contribution in [0.1, 0.15) is 32.4 Å². The first-order chi connectivity index (χ1) is 10.7. The molecule has 1 aromatic rings. The number of hydrogen-bond acceptors (Lipinski definition) is 3. The maximum Gasteiger partial charge on any atom is 0.222 e. The molecule has 2 heterocycles. The Kier molecular flexibility index (Phi) is 9.05. The lowest BCUT2D eigenvalue weighted by Crippen LogP contribution is -2.45. The van der Waals surface area contributed by atoms with E-state index in [0.29, 0.717) is 13.0 Å². The number of likely N-dealkylation sites (tertiary alicyclic amines) is 1. The highest BCUT2D eigenvalue weighted by Crippen LogP contribution is 2.10. The summed E-state index contributed by atoms with van der Waals surface area (Å²) in [7, 11) is 0. The molecule has 7 heteroatoms. The third-order valence-corrected chi connectivity index (χ3v) is 3.74. The minimum atomic E-state index is 0. The highest BCUT2D eigenvalue weighted by Gasteiger charge is 2.25. The zero-order valence-electron chi connectivity index (χ0n) is 13.9. The molecule has 0 aliphatic carbocycles. The van der Waals surface area contributed by atoms with Crippen molar-refractivity contribution in [3.63, 3.8) is 0 Å². The zero-order chi connectivity index (χ0) is 15.8. The molecule has 6 nitrogen and oxygen atoms in total. The molecule has 1 unspecified atom stereocenters. The number of halogens is 1. The van der Waals surface area contributed by atoms with E-state index in [1.54, 1.807) is 6.26 Å². The summed E-state index contributed by atoms with van der Waals surface area (Å²) in [4.78, 5) is 18.2. The fourth-order valence-electron chi connectivity index (χ4n) is 2.57. The van der Waals surface area contributed by atoms with Crippen molar-refractivity contribution in [2.45, 2.75) is 39.2 Å². The third-order valence-electron chi connectivity index (χ3n) is 3.74. The topological polar surface area (TPSA) is 69.9 Å². The van der Waals surface area contributed by atoms with Crippen LogP contribution in [0.15, 0.2) is 27.8 Å². The SMILES string of the molecule is CCNC(=NCCc1ccco1)NC1CCN(C(=O)CC)C1.I. The van der Waals surface area contributed by atoms with Crippen LogP contribution >= 0.6 is 24.0 Å². The van der Waals surface area contributed by atoms with Crippen molar-refractivity contribution < 1.29 is 9.21 Å². The van der Waals surface area contributed by atoms with E-state index in [4.69, 9.17) is 4.42 Å². The normalized spacial score (nSPS) is 17.7.